The summed E-state index contributed by atoms with van der Waals surface area (Å²) in [6.07, 6.45) is 2.09. The molecule has 0 radical (unpaired) electrons. The van der Waals surface area contributed by atoms with E-state index in [1.807, 2.05) is 0 Å². The van der Waals surface area contributed by atoms with E-state index in [4.69, 9.17) is 9.47 Å². The van der Waals surface area contributed by atoms with E-state index in [1.165, 1.54) is 21.8 Å². The Hall–Kier alpha value is -2.24. The Morgan fingerprint density at radius 1 is 0.656 bits per heavy atom. The Balaban J connectivity index is 1.65. The molecule has 0 aliphatic carbocycles. The lowest BCUT2D eigenvalue weighted by atomic mass is 10.1. The lowest BCUT2D eigenvalue weighted by molar-refractivity contribution is 0.249. The third-order valence-corrected chi connectivity index (χ3v) is 6.51. The van der Waals surface area contributed by atoms with E-state index in [0.29, 0.717) is 0 Å². The quantitative estimate of drug-likeness (QED) is 0.308. The summed E-state index contributed by atoms with van der Waals surface area (Å²) in [4.78, 5) is 4.86. The number of nitrogens with zero attached hydrogens (tertiary/aromatic N) is 3. The fraction of sp³-hybridized carbons (Fsp3) is 0.556. The van der Waals surface area contributed by atoms with Gasteiger partial charge in [0.25, 0.3) is 0 Å². The number of rotatable bonds is 14. The van der Waals surface area contributed by atoms with Crippen LogP contribution in [-0.4, -0.2) is 66.8 Å². The maximum absolute atomic E-state index is 6.06. The molecule has 5 heteroatoms. The predicted octanol–water partition coefficient (Wildman–Crippen LogP) is 5.55. The van der Waals surface area contributed by atoms with Crippen LogP contribution in [0.15, 0.2) is 36.4 Å². The number of fused-ring (bicyclic) bond motifs is 3. The summed E-state index contributed by atoms with van der Waals surface area (Å²) in [6.45, 7) is 16.9. The van der Waals surface area contributed by atoms with Crippen molar-refractivity contribution in [3.05, 3.63) is 36.4 Å². The van der Waals surface area contributed by atoms with E-state index in [9.17, 15) is 0 Å². The fourth-order valence-electron chi connectivity index (χ4n) is 4.38. The van der Waals surface area contributed by atoms with Gasteiger partial charge in [0.2, 0.25) is 0 Å². The van der Waals surface area contributed by atoms with Crippen molar-refractivity contribution in [1.29, 1.82) is 0 Å². The van der Waals surface area contributed by atoms with Crippen molar-refractivity contribution >= 4 is 21.8 Å². The van der Waals surface area contributed by atoms with Crippen molar-refractivity contribution in [2.75, 3.05) is 52.5 Å². The zero-order valence-corrected chi connectivity index (χ0v) is 20.7. The standard InChI is InChI=1S/C27H41N3O2/c1-6-29(7-2)16-10-18-31-22-12-14-24-25-15-13-23(21-27(25)28(5)26(24)20-22)32-19-11-17-30(8-3)9-4/h12-15,20-21H,6-11,16-19H2,1-5H3. The summed E-state index contributed by atoms with van der Waals surface area (Å²) in [7, 11) is 2.12. The van der Waals surface area contributed by atoms with E-state index in [-0.39, 0.29) is 0 Å². The molecule has 0 aliphatic rings. The molecule has 0 saturated heterocycles. The normalized spacial score (nSPS) is 11.8. The zero-order valence-electron chi connectivity index (χ0n) is 20.7. The first-order chi connectivity index (χ1) is 15.6. The molecule has 0 amide bonds. The maximum atomic E-state index is 6.06. The van der Waals surface area contributed by atoms with Gasteiger partial charge >= 0.3 is 0 Å². The zero-order chi connectivity index (χ0) is 22.9. The molecule has 3 aromatic rings. The molecule has 0 atom stereocenters. The molecule has 0 aliphatic heterocycles. The topological polar surface area (TPSA) is 29.9 Å². The third kappa shape index (κ3) is 5.96. The lowest BCUT2D eigenvalue weighted by Crippen LogP contribution is -2.25. The van der Waals surface area contributed by atoms with Gasteiger partial charge in [0, 0.05) is 43.0 Å². The van der Waals surface area contributed by atoms with E-state index >= 15 is 0 Å². The van der Waals surface area contributed by atoms with Crippen LogP contribution >= 0.6 is 0 Å². The van der Waals surface area contributed by atoms with E-state index in [0.717, 1.165) is 76.8 Å². The molecule has 2 aromatic carbocycles. The highest BCUT2D eigenvalue weighted by molar-refractivity contribution is 6.08. The second kappa shape index (κ2) is 12.1. The molecule has 0 unspecified atom stereocenters. The van der Waals surface area contributed by atoms with Crippen molar-refractivity contribution in [2.45, 2.75) is 40.5 Å². The average molecular weight is 440 g/mol. The fourth-order valence-corrected chi connectivity index (χ4v) is 4.38. The van der Waals surface area contributed by atoms with E-state index in [2.05, 4.69) is 85.5 Å². The highest BCUT2D eigenvalue weighted by Crippen LogP contribution is 2.33. The smallest absolute Gasteiger partial charge is 0.121 e. The number of hydrogen-bond donors (Lipinski definition) is 0. The van der Waals surface area contributed by atoms with Gasteiger partial charge in [0.1, 0.15) is 11.5 Å². The van der Waals surface area contributed by atoms with Crippen LogP contribution in [0.1, 0.15) is 40.5 Å². The van der Waals surface area contributed by atoms with Crippen molar-refractivity contribution in [3.63, 3.8) is 0 Å². The molecule has 3 rings (SSSR count). The molecule has 0 N–H and O–H groups in total. The van der Waals surface area contributed by atoms with Crippen molar-refractivity contribution in [3.8, 4) is 11.5 Å². The number of hydrogen-bond acceptors (Lipinski definition) is 4. The summed E-state index contributed by atoms with van der Waals surface area (Å²) in [6, 6.07) is 12.9. The van der Waals surface area contributed by atoms with Crippen LogP contribution in [0.4, 0.5) is 0 Å². The van der Waals surface area contributed by atoms with Gasteiger partial charge < -0.3 is 23.8 Å². The minimum atomic E-state index is 0.747. The number of aryl methyl sites for hydroxylation is 1. The van der Waals surface area contributed by atoms with Crippen LogP contribution in [0, 0.1) is 0 Å². The van der Waals surface area contributed by atoms with Crippen LogP contribution < -0.4 is 9.47 Å². The highest BCUT2D eigenvalue weighted by Gasteiger charge is 2.11. The van der Waals surface area contributed by atoms with Crippen LogP contribution in [0.2, 0.25) is 0 Å². The molecule has 0 fully saturated rings. The van der Waals surface area contributed by atoms with Crippen LogP contribution in [0.5, 0.6) is 11.5 Å². The van der Waals surface area contributed by atoms with E-state index in [1.54, 1.807) is 0 Å². The SMILES string of the molecule is CCN(CC)CCCOc1ccc2c3ccc(OCCCN(CC)CC)cc3n(C)c2c1. The van der Waals surface area contributed by atoms with Crippen LogP contribution in [0.25, 0.3) is 21.8 Å². The molecule has 32 heavy (non-hydrogen) atoms. The molecular formula is C27H41N3O2. The lowest BCUT2D eigenvalue weighted by Gasteiger charge is -2.17. The van der Waals surface area contributed by atoms with Gasteiger partial charge in [-0.15, -0.1) is 0 Å². The number of ether oxygens (including phenoxy) is 2. The predicted molar refractivity (Wildman–Crippen MR) is 136 cm³/mol. The molecule has 176 valence electrons. The monoisotopic (exact) mass is 439 g/mol. The first-order valence-electron chi connectivity index (χ1n) is 12.3. The summed E-state index contributed by atoms with van der Waals surface area (Å²) >= 11 is 0. The Kier molecular flexibility index (Phi) is 9.24. The first-order valence-corrected chi connectivity index (χ1v) is 12.3. The number of aromatic nitrogens is 1. The van der Waals surface area contributed by atoms with Gasteiger partial charge in [-0.05, 0) is 63.3 Å². The van der Waals surface area contributed by atoms with Gasteiger partial charge in [-0.2, -0.15) is 0 Å². The van der Waals surface area contributed by atoms with Crippen LogP contribution in [-0.2, 0) is 7.05 Å². The van der Waals surface area contributed by atoms with Gasteiger partial charge in [-0.25, -0.2) is 0 Å². The van der Waals surface area contributed by atoms with E-state index < -0.39 is 0 Å². The van der Waals surface area contributed by atoms with Crippen molar-refractivity contribution in [2.24, 2.45) is 7.05 Å². The Bertz CT molecular complexity index is 897. The Labute approximate surface area is 193 Å². The third-order valence-electron chi connectivity index (χ3n) is 6.51. The first kappa shape index (κ1) is 24.4. The molecule has 5 nitrogen and oxygen atoms in total. The maximum Gasteiger partial charge on any atom is 0.121 e. The number of benzene rings is 2. The van der Waals surface area contributed by atoms with Crippen LogP contribution in [0.3, 0.4) is 0 Å². The van der Waals surface area contributed by atoms with Gasteiger partial charge in [0.15, 0.2) is 0 Å². The molecule has 0 bridgehead atoms. The second-order valence-electron chi connectivity index (χ2n) is 8.37. The Morgan fingerprint density at radius 2 is 1.06 bits per heavy atom. The van der Waals surface area contributed by atoms with Crippen molar-refractivity contribution < 1.29 is 9.47 Å². The highest BCUT2D eigenvalue weighted by atomic mass is 16.5. The Morgan fingerprint density at radius 3 is 1.44 bits per heavy atom. The van der Waals surface area contributed by atoms with Gasteiger partial charge in [0.05, 0.1) is 24.2 Å². The molecular weight excluding hydrogens is 398 g/mol. The minimum Gasteiger partial charge on any atom is -0.493 e. The summed E-state index contributed by atoms with van der Waals surface area (Å²) in [5.74, 6) is 1.88. The minimum absolute atomic E-state index is 0.747. The van der Waals surface area contributed by atoms with Gasteiger partial charge in [-0.3, -0.25) is 0 Å². The summed E-state index contributed by atoms with van der Waals surface area (Å²) < 4.78 is 14.4. The molecule has 0 spiro atoms. The average Bonchev–Trinajstić information content (AvgIpc) is 3.10. The second-order valence-corrected chi connectivity index (χ2v) is 8.37. The largest absolute Gasteiger partial charge is 0.493 e. The molecule has 0 saturated carbocycles. The molecule has 1 heterocycles. The van der Waals surface area contributed by atoms with Gasteiger partial charge in [-0.1, -0.05) is 27.7 Å². The summed E-state index contributed by atoms with van der Waals surface area (Å²) in [5.41, 5.74) is 2.39. The summed E-state index contributed by atoms with van der Waals surface area (Å²) in [5, 5.41) is 2.51. The van der Waals surface area contributed by atoms with Crippen molar-refractivity contribution in [1.82, 2.24) is 14.4 Å². The molecule has 1 aromatic heterocycles.